The van der Waals surface area contributed by atoms with Crippen LogP contribution in [0.1, 0.15) is 21.6 Å². The minimum atomic E-state index is -0.762. The number of carbonyl (C=O) groups is 1. The molecule has 1 amide bonds. The number of ether oxygens (including phenoxy) is 1. The van der Waals surface area contributed by atoms with Gasteiger partial charge in [0.15, 0.2) is 11.6 Å². The van der Waals surface area contributed by atoms with Gasteiger partial charge >= 0.3 is 0 Å². The molecular formula is C23H13BrCl2FN3O3. The van der Waals surface area contributed by atoms with E-state index in [2.05, 4.69) is 26.2 Å². The first kappa shape index (κ1) is 22.9. The molecule has 10 heteroatoms. The van der Waals surface area contributed by atoms with Crippen molar-refractivity contribution < 1.29 is 19.0 Å². The molecule has 6 nitrogen and oxygen atoms in total. The van der Waals surface area contributed by atoms with Crippen molar-refractivity contribution in [2.24, 2.45) is 0 Å². The van der Waals surface area contributed by atoms with Crippen LogP contribution in [0.15, 0.2) is 53.0 Å². The second-order valence-electron chi connectivity index (χ2n) is 6.97. The van der Waals surface area contributed by atoms with Gasteiger partial charge in [-0.05, 0) is 52.3 Å². The lowest BCUT2D eigenvalue weighted by Gasteiger charge is -2.13. The van der Waals surface area contributed by atoms with E-state index in [-0.39, 0.29) is 50.7 Å². The van der Waals surface area contributed by atoms with E-state index in [0.717, 1.165) is 0 Å². The van der Waals surface area contributed by atoms with E-state index >= 15 is 4.39 Å². The number of H-pyrrole nitrogens is 1. The molecule has 1 aromatic heterocycles. The molecule has 0 atom stereocenters. The van der Waals surface area contributed by atoms with Crippen LogP contribution in [0, 0.1) is 17.1 Å². The first-order chi connectivity index (χ1) is 15.8. The number of rotatable bonds is 5. The molecule has 4 aromatic rings. The molecule has 0 aliphatic heterocycles. The maximum Gasteiger partial charge on any atom is 0.269 e. The number of aromatic nitrogens is 1. The Morgan fingerprint density at radius 1 is 1.21 bits per heavy atom. The van der Waals surface area contributed by atoms with Crippen molar-refractivity contribution in [3.05, 3.63) is 85.7 Å². The molecule has 0 aliphatic carbocycles. The van der Waals surface area contributed by atoms with Crippen molar-refractivity contribution in [1.82, 2.24) is 10.3 Å². The lowest BCUT2D eigenvalue weighted by Crippen LogP contribution is -2.24. The number of amides is 1. The summed E-state index contributed by atoms with van der Waals surface area (Å²) in [5, 5.41) is 22.3. The summed E-state index contributed by atoms with van der Waals surface area (Å²) in [6.07, 6.45) is 0. The maximum atomic E-state index is 15.1. The average molecular weight is 549 g/mol. The fraction of sp³-hybridized carbons (Fsp3) is 0.0435. The predicted molar refractivity (Wildman–Crippen MR) is 126 cm³/mol. The summed E-state index contributed by atoms with van der Waals surface area (Å²) in [7, 11) is 0. The van der Waals surface area contributed by atoms with Crippen LogP contribution in [0.3, 0.4) is 0 Å². The van der Waals surface area contributed by atoms with Gasteiger partial charge < -0.3 is 20.1 Å². The van der Waals surface area contributed by atoms with Gasteiger partial charge in [-0.25, -0.2) is 4.39 Å². The van der Waals surface area contributed by atoms with Crippen LogP contribution in [0.2, 0.25) is 10.0 Å². The van der Waals surface area contributed by atoms with Crippen LogP contribution in [-0.4, -0.2) is 16.0 Å². The quantitative estimate of drug-likeness (QED) is 0.259. The lowest BCUT2D eigenvalue weighted by molar-refractivity contribution is 0.0945. The number of aromatic hydroxyl groups is 1. The minimum Gasteiger partial charge on any atom is -0.508 e. The van der Waals surface area contributed by atoms with Crippen molar-refractivity contribution >= 4 is 55.9 Å². The Morgan fingerprint density at radius 2 is 2.00 bits per heavy atom. The number of phenols is 1. The highest BCUT2D eigenvalue weighted by Crippen LogP contribution is 2.35. The fourth-order valence-electron chi connectivity index (χ4n) is 3.18. The molecule has 0 fully saturated rings. The molecule has 3 aromatic carbocycles. The number of nitrogens with zero attached hydrogens (tertiary/aromatic N) is 1. The first-order valence-corrected chi connectivity index (χ1v) is 11.0. The minimum absolute atomic E-state index is 0.0132. The number of hydrogen-bond acceptors (Lipinski definition) is 4. The van der Waals surface area contributed by atoms with E-state index in [4.69, 9.17) is 33.2 Å². The summed E-state index contributed by atoms with van der Waals surface area (Å²) >= 11 is 15.5. The maximum absolute atomic E-state index is 15.1. The number of nitrogens with one attached hydrogen (secondary N) is 2. The van der Waals surface area contributed by atoms with E-state index in [1.807, 2.05) is 6.07 Å². The fourth-order valence-corrected chi connectivity index (χ4v) is 4.21. The van der Waals surface area contributed by atoms with E-state index in [1.165, 1.54) is 42.5 Å². The smallest absolute Gasteiger partial charge is 0.269 e. The first-order valence-electron chi connectivity index (χ1n) is 9.40. The predicted octanol–water partition coefficient (Wildman–Crippen LogP) is 6.68. The molecular weight excluding hydrogens is 536 g/mol. The third-order valence-corrected chi connectivity index (χ3v) is 6.07. The highest BCUT2D eigenvalue weighted by molar-refractivity contribution is 9.10. The Kier molecular flexibility index (Phi) is 6.47. The SMILES string of the molecule is N#Cc1cc(Cl)cc(Oc2c(Cl)ccc(CNC(=O)c3[nH]c4cc(O)ccc4c3Br)c2F)c1. The lowest BCUT2D eigenvalue weighted by atomic mass is 10.2. The number of nitriles is 1. The zero-order valence-electron chi connectivity index (χ0n) is 16.5. The topological polar surface area (TPSA) is 98.1 Å². The normalized spacial score (nSPS) is 10.8. The Labute approximate surface area is 205 Å². The number of phenolic OH excluding ortho intramolecular Hbond substituents is 1. The summed E-state index contributed by atoms with van der Waals surface area (Å²) < 4.78 is 21.2. The molecule has 0 unspecified atom stereocenters. The van der Waals surface area contributed by atoms with E-state index in [1.54, 1.807) is 6.07 Å². The molecule has 0 saturated heterocycles. The Balaban J connectivity index is 1.56. The Morgan fingerprint density at radius 3 is 2.76 bits per heavy atom. The van der Waals surface area contributed by atoms with Crippen molar-refractivity contribution in [1.29, 1.82) is 5.26 Å². The summed E-state index contributed by atoms with van der Waals surface area (Å²) in [4.78, 5) is 15.6. The summed E-state index contributed by atoms with van der Waals surface area (Å²) in [6, 6.07) is 13.8. The monoisotopic (exact) mass is 547 g/mol. The van der Waals surface area contributed by atoms with E-state index in [0.29, 0.717) is 15.4 Å². The molecule has 166 valence electrons. The van der Waals surface area contributed by atoms with Crippen molar-refractivity contribution in [2.45, 2.75) is 6.54 Å². The Hall–Kier alpha value is -3.25. The molecule has 1 heterocycles. The van der Waals surface area contributed by atoms with E-state index in [9.17, 15) is 9.90 Å². The number of fused-ring (bicyclic) bond motifs is 1. The average Bonchev–Trinajstić information content (AvgIpc) is 3.11. The number of carbonyl (C=O) groups excluding carboxylic acids is 1. The highest BCUT2D eigenvalue weighted by atomic mass is 79.9. The Bertz CT molecular complexity index is 1450. The third kappa shape index (κ3) is 4.76. The van der Waals surface area contributed by atoms with Gasteiger partial charge in [-0.1, -0.05) is 29.3 Å². The van der Waals surface area contributed by atoms with Gasteiger partial charge in [-0.3, -0.25) is 4.79 Å². The molecule has 0 bridgehead atoms. The van der Waals surface area contributed by atoms with Crippen LogP contribution in [0.25, 0.3) is 10.9 Å². The number of benzene rings is 3. The molecule has 0 spiro atoms. The molecule has 4 rings (SSSR count). The highest BCUT2D eigenvalue weighted by Gasteiger charge is 2.19. The van der Waals surface area contributed by atoms with Gasteiger partial charge in [0.05, 0.1) is 26.6 Å². The zero-order valence-corrected chi connectivity index (χ0v) is 19.6. The number of aromatic amines is 1. The molecule has 33 heavy (non-hydrogen) atoms. The molecule has 3 N–H and O–H groups in total. The van der Waals surface area contributed by atoms with Gasteiger partial charge in [0, 0.05) is 28.6 Å². The number of halogens is 4. The van der Waals surface area contributed by atoms with Crippen LogP contribution in [0.4, 0.5) is 4.39 Å². The van der Waals surface area contributed by atoms with Gasteiger partial charge in [-0.2, -0.15) is 5.26 Å². The van der Waals surface area contributed by atoms with Gasteiger partial charge in [-0.15, -0.1) is 0 Å². The summed E-state index contributed by atoms with van der Waals surface area (Å²) in [6.45, 7) is -0.149. The second-order valence-corrected chi connectivity index (χ2v) is 8.60. The van der Waals surface area contributed by atoms with Gasteiger partial charge in [0.25, 0.3) is 5.91 Å². The van der Waals surface area contributed by atoms with Crippen LogP contribution in [0.5, 0.6) is 17.2 Å². The largest absolute Gasteiger partial charge is 0.508 e. The van der Waals surface area contributed by atoms with Gasteiger partial charge in [0.2, 0.25) is 0 Å². The summed E-state index contributed by atoms with van der Waals surface area (Å²) in [5.74, 6) is -1.30. The number of hydrogen-bond donors (Lipinski definition) is 3. The molecule has 0 saturated carbocycles. The third-order valence-electron chi connectivity index (χ3n) is 4.73. The van der Waals surface area contributed by atoms with Crippen LogP contribution >= 0.6 is 39.1 Å². The molecule has 0 radical (unpaired) electrons. The standard InChI is InChI=1S/C23H13BrCl2FN3O3/c24-19-16-3-2-14(31)8-18(16)30-21(19)23(32)29-10-12-1-4-17(26)22(20(12)27)33-15-6-11(9-28)5-13(25)7-15/h1-8,30-31H,10H2,(H,29,32). The van der Waals surface area contributed by atoms with Crippen molar-refractivity contribution in [3.8, 4) is 23.3 Å². The van der Waals surface area contributed by atoms with Gasteiger partial charge in [0.1, 0.15) is 17.2 Å². The summed E-state index contributed by atoms with van der Waals surface area (Å²) in [5.41, 5.74) is 1.17. The van der Waals surface area contributed by atoms with Crippen molar-refractivity contribution in [3.63, 3.8) is 0 Å². The van der Waals surface area contributed by atoms with E-state index < -0.39 is 11.7 Å². The van der Waals surface area contributed by atoms with Crippen LogP contribution < -0.4 is 10.1 Å². The zero-order chi connectivity index (χ0) is 23.7. The second kappa shape index (κ2) is 9.32. The van der Waals surface area contributed by atoms with Crippen LogP contribution in [-0.2, 0) is 6.54 Å². The molecule has 0 aliphatic rings. The van der Waals surface area contributed by atoms with Crippen molar-refractivity contribution in [2.75, 3.05) is 0 Å².